The molecule has 31 heavy (non-hydrogen) atoms. The molecule has 0 atom stereocenters. The van der Waals surface area contributed by atoms with Crippen LogP contribution in [0.5, 0.6) is 0 Å². The number of carbonyl (C=O) groups is 1. The number of imidazole rings is 1. The molecular weight excluding hydrogens is 394 g/mol. The van der Waals surface area contributed by atoms with Gasteiger partial charge >= 0.3 is 0 Å². The molecule has 5 rings (SSSR count). The van der Waals surface area contributed by atoms with Crippen LogP contribution in [-0.4, -0.2) is 26.8 Å². The Balaban J connectivity index is 1.38. The summed E-state index contributed by atoms with van der Waals surface area (Å²) in [7, 11) is 0. The first-order chi connectivity index (χ1) is 15.1. The number of rotatable bonds is 6. The average Bonchev–Trinajstić information content (AvgIpc) is 3.48. The Morgan fingerprint density at radius 3 is 2.68 bits per heavy atom. The third kappa shape index (κ3) is 3.95. The summed E-state index contributed by atoms with van der Waals surface area (Å²) in [6.45, 7) is 0. The number of carbonyl (C=O) groups excluding carboxylic acids is 1. The van der Waals surface area contributed by atoms with Gasteiger partial charge in [0.25, 0.3) is 11.6 Å². The standard InChI is InChI=1S/C23H19N5O3/c29-23(15-8-11-20(24-16-9-10-16)21(13-15)28(30)31)25-17-5-3-4-14(12-17)22-26-18-6-1-2-7-19(18)27-22/h1-8,11-13,16,24H,9-10H2,(H,25,29)(H,26,27). The minimum atomic E-state index is -0.469. The predicted molar refractivity (Wildman–Crippen MR) is 119 cm³/mol. The maximum atomic E-state index is 12.7. The minimum Gasteiger partial charge on any atom is -0.377 e. The molecule has 0 saturated heterocycles. The van der Waals surface area contributed by atoms with Crippen molar-refractivity contribution in [3.8, 4) is 11.4 Å². The highest BCUT2D eigenvalue weighted by Gasteiger charge is 2.25. The highest BCUT2D eigenvalue weighted by atomic mass is 16.6. The lowest BCUT2D eigenvalue weighted by Crippen LogP contribution is -2.13. The van der Waals surface area contributed by atoms with Crippen LogP contribution >= 0.6 is 0 Å². The molecule has 1 saturated carbocycles. The Hall–Kier alpha value is -4.20. The van der Waals surface area contributed by atoms with Crippen LogP contribution in [0.3, 0.4) is 0 Å². The first kappa shape index (κ1) is 18.8. The van der Waals surface area contributed by atoms with Gasteiger partial charge in [-0.05, 0) is 49.2 Å². The van der Waals surface area contributed by atoms with Gasteiger partial charge in [0.05, 0.1) is 16.0 Å². The summed E-state index contributed by atoms with van der Waals surface area (Å²) in [5.74, 6) is 0.284. The molecule has 1 heterocycles. The molecule has 1 aliphatic carbocycles. The van der Waals surface area contributed by atoms with Crippen molar-refractivity contribution in [3.63, 3.8) is 0 Å². The first-order valence-electron chi connectivity index (χ1n) is 9.98. The summed E-state index contributed by atoms with van der Waals surface area (Å²) in [6.07, 6.45) is 2.00. The number of anilines is 2. The summed E-state index contributed by atoms with van der Waals surface area (Å²) in [6, 6.07) is 19.8. The molecule has 1 amide bonds. The van der Waals surface area contributed by atoms with E-state index in [1.54, 1.807) is 18.2 Å². The van der Waals surface area contributed by atoms with E-state index < -0.39 is 10.8 Å². The summed E-state index contributed by atoms with van der Waals surface area (Å²) in [5, 5.41) is 17.4. The fourth-order valence-corrected chi connectivity index (χ4v) is 3.43. The van der Waals surface area contributed by atoms with Crippen LogP contribution in [-0.2, 0) is 0 Å². The van der Waals surface area contributed by atoms with Crippen LogP contribution in [0, 0.1) is 10.1 Å². The van der Waals surface area contributed by atoms with Gasteiger partial charge in [0.15, 0.2) is 0 Å². The SMILES string of the molecule is O=C(Nc1cccc(-c2nc3ccccc3[nH]2)c1)c1ccc(NC2CC2)c([N+](=O)[O-])c1. The number of hydrogen-bond donors (Lipinski definition) is 3. The summed E-state index contributed by atoms with van der Waals surface area (Å²) in [5.41, 5.74) is 3.75. The minimum absolute atomic E-state index is 0.101. The molecule has 8 heteroatoms. The second-order valence-corrected chi connectivity index (χ2v) is 7.55. The number of nitrogens with one attached hydrogen (secondary N) is 3. The van der Waals surface area contributed by atoms with Crippen LogP contribution in [0.25, 0.3) is 22.4 Å². The highest BCUT2D eigenvalue weighted by molar-refractivity contribution is 6.05. The fourth-order valence-electron chi connectivity index (χ4n) is 3.43. The second-order valence-electron chi connectivity index (χ2n) is 7.55. The van der Waals surface area contributed by atoms with Crippen molar-refractivity contribution in [3.05, 3.63) is 82.4 Å². The lowest BCUT2D eigenvalue weighted by atomic mass is 10.1. The summed E-state index contributed by atoms with van der Waals surface area (Å²) >= 11 is 0. The molecule has 0 unspecified atom stereocenters. The second kappa shape index (κ2) is 7.56. The van der Waals surface area contributed by atoms with Crippen molar-refractivity contribution in [2.45, 2.75) is 18.9 Å². The molecule has 0 spiro atoms. The van der Waals surface area contributed by atoms with E-state index in [1.165, 1.54) is 6.07 Å². The van der Waals surface area contributed by atoms with Gasteiger partial charge in [0, 0.05) is 28.9 Å². The highest BCUT2D eigenvalue weighted by Crippen LogP contribution is 2.32. The van der Waals surface area contributed by atoms with E-state index in [-0.39, 0.29) is 17.3 Å². The molecule has 3 N–H and O–H groups in total. The number of benzene rings is 3. The van der Waals surface area contributed by atoms with Gasteiger partial charge < -0.3 is 15.6 Å². The van der Waals surface area contributed by atoms with Crippen molar-refractivity contribution in [1.82, 2.24) is 9.97 Å². The molecule has 3 aromatic carbocycles. The first-order valence-corrected chi connectivity index (χ1v) is 9.98. The number of para-hydroxylation sites is 2. The van der Waals surface area contributed by atoms with Gasteiger partial charge in [-0.1, -0.05) is 24.3 Å². The Kier molecular flexibility index (Phi) is 4.59. The van der Waals surface area contributed by atoms with Crippen molar-refractivity contribution in [2.24, 2.45) is 0 Å². The van der Waals surface area contributed by atoms with E-state index in [0.29, 0.717) is 17.2 Å². The molecular formula is C23H19N5O3. The zero-order valence-electron chi connectivity index (χ0n) is 16.5. The fraction of sp³-hybridized carbons (Fsp3) is 0.130. The number of aromatic nitrogens is 2. The molecule has 1 aromatic heterocycles. The Bertz CT molecular complexity index is 1280. The predicted octanol–water partition coefficient (Wildman–Crippen LogP) is 4.96. The maximum absolute atomic E-state index is 12.7. The van der Waals surface area contributed by atoms with E-state index in [9.17, 15) is 14.9 Å². The number of nitro benzene ring substituents is 1. The third-order valence-corrected chi connectivity index (χ3v) is 5.18. The molecule has 0 bridgehead atoms. The Labute approximate surface area is 177 Å². The molecule has 154 valence electrons. The number of aromatic amines is 1. The number of fused-ring (bicyclic) bond motifs is 1. The quantitative estimate of drug-likeness (QED) is 0.305. The summed E-state index contributed by atoms with van der Waals surface area (Å²) < 4.78 is 0. The van der Waals surface area contributed by atoms with Gasteiger partial charge in [-0.25, -0.2) is 4.98 Å². The van der Waals surface area contributed by atoms with Crippen molar-refractivity contribution >= 4 is 34.0 Å². The normalized spacial score (nSPS) is 13.2. The number of nitro groups is 1. The molecule has 4 aromatic rings. The maximum Gasteiger partial charge on any atom is 0.293 e. The van der Waals surface area contributed by atoms with Gasteiger partial charge in [0.2, 0.25) is 0 Å². The number of hydrogen-bond acceptors (Lipinski definition) is 5. The van der Waals surface area contributed by atoms with Crippen LogP contribution in [0.1, 0.15) is 23.2 Å². The smallest absolute Gasteiger partial charge is 0.293 e. The van der Waals surface area contributed by atoms with Gasteiger partial charge in [-0.2, -0.15) is 0 Å². The lowest BCUT2D eigenvalue weighted by Gasteiger charge is -2.09. The van der Waals surface area contributed by atoms with Crippen molar-refractivity contribution in [1.29, 1.82) is 0 Å². The molecule has 0 radical (unpaired) electrons. The summed E-state index contributed by atoms with van der Waals surface area (Å²) in [4.78, 5) is 31.6. The molecule has 1 aliphatic rings. The zero-order valence-corrected chi connectivity index (χ0v) is 16.5. The zero-order chi connectivity index (χ0) is 21.4. The largest absolute Gasteiger partial charge is 0.377 e. The van der Waals surface area contributed by atoms with E-state index in [4.69, 9.17) is 0 Å². The molecule has 8 nitrogen and oxygen atoms in total. The number of amides is 1. The van der Waals surface area contributed by atoms with E-state index >= 15 is 0 Å². The van der Waals surface area contributed by atoms with Crippen LogP contribution in [0.4, 0.5) is 17.1 Å². The topological polar surface area (TPSA) is 113 Å². The average molecular weight is 413 g/mol. The lowest BCUT2D eigenvalue weighted by molar-refractivity contribution is -0.384. The van der Waals surface area contributed by atoms with E-state index in [2.05, 4.69) is 20.6 Å². The van der Waals surface area contributed by atoms with Gasteiger partial charge in [-0.3, -0.25) is 14.9 Å². The number of H-pyrrole nitrogens is 1. The molecule has 0 aliphatic heterocycles. The van der Waals surface area contributed by atoms with Gasteiger partial charge in [-0.15, -0.1) is 0 Å². The van der Waals surface area contributed by atoms with Crippen LogP contribution in [0.2, 0.25) is 0 Å². The molecule has 1 fully saturated rings. The van der Waals surface area contributed by atoms with E-state index in [1.807, 2.05) is 42.5 Å². The Morgan fingerprint density at radius 1 is 1.06 bits per heavy atom. The van der Waals surface area contributed by atoms with Crippen molar-refractivity contribution < 1.29 is 9.72 Å². The van der Waals surface area contributed by atoms with Gasteiger partial charge in [0.1, 0.15) is 11.5 Å². The van der Waals surface area contributed by atoms with Crippen LogP contribution < -0.4 is 10.6 Å². The monoisotopic (exact) mass is 413 g/mol. The van der Waals surface area contributed by atoms with Crippen LogP contribution in [0.15, 0.2) is 66.7 Å². The third-order valence-electron chi connectivity index (χ3n) is 5.18. The van der Waals surface area contributed by atoms with Crippen molar-refractivity contribution in [2.75, 3.05) is 10.6 Å². The Morgan fingerprint density at radius 2 is 1.90 bits per heavy atom. The van der Waals surface area contributed by atoms with E-state index in [0.717, 1.165) is 29.4 Å². The number of nitrogens with zero attached hydrogens (tertiary/aromatic N) is 2.